The molecule has 4 aromatic rings. The third kappa shape index (κ3) is 4.05. The van der Waals surface area contributed by atoms with Gasteiger partial charge in [-0.3, -0.25) is 14.4 Å². The number of halogens is 1. The van der Waals surface area contributed by atoms with Gasteiger partial charge in [0.15, 0.2) is 5.78 Å². The number of hydrogen-bond acceptors (Lipinski definition) is 4. The van der Waals surface area contributed by atoms with Crippen molar-refractivity contribution in [1.82, 2.24) is 14.9 Å². The molecule has 0 unspecified atom stereocenters. The molecule has 34 heavy (non-hydrogen) atoms. The molecule has 0 radical (unpaired) electrons. The monoisotopic (exact) mass is 456 g/mol. The summed E-state index contributed by atoms with van der Waals surface area (Å²) in [4.78, 5) is 46.7. The van der Waals surface area contributed by atoms with Crippen molar-refractivity contribution >= 4 is 34.3 Å². The van der Waals surface area contributed by atoms with Gasteiger partial charge >= 0.3 is 0 Å². The molecule has 0 atom stereocenters. The van der Waals surface area contributed by atoms with Crippen LogP contribution in [0.1, 0.15) is 49.3 Å². The van der Waals surface area contributed by atoms with Gasteiger partial charge < -0.3 is 15.2 Å². The van der Waals surface area contributed by atoms with Crippen LogP contribution in [0.5, 0.6) is 0 Å². The average molecular weight is 456 g/mol. The number of anilines is 1. The molecule has 5 rings (SSSR count). The van der Waals surface area contributed by atoms with Crippen molar-refractivity contribution in [3.05, 3.63) is 94.6 Å². The minimum absolute atomic E-state index is 0.0798. The lowest BCUT2D eigenvalue weighted by Crippen LogP contribution is -2.36. The van der Waals surface area contributed by atoms with Gasteiger partial charge in [-0.15, -0.1) is 0 Å². The van der Waals surface area contributed by atoms with E-state index in [0.717, 1.165) is 28.2 Å². The lowest BCUT2D eigenvalue weighted by Gasteiger charge is -2.29. The summed E-state index contributed by atoms with van der Waals surface area (Å²) in [5.41, 5.74) is 4.61. The zero-order chi connectivity index (χ0) is 23.8. The number of amides is 2. The van der Waals surface area contributed by atoms with Gasteiger partial charge in [-0.1, -0.05) is 6.07 Å². The molecule has 170 valence electrons. The van der Waals surface area contributed by atoms with Crippen LogP contribution >= 0.6 is 0 Å². The van der Waals surface area contributed by atoms with E-state index in [0.29, 0.717) is 36.5 Å². The molecule has 1 aliphatic heterocycles. The maximum absolute atomic E-state index is 13.8. The summed E-state index contributed by atoms with van der Waals surface area (Å²) >= 11 is 0. The van der Waals surface area contributed by atoms with Crippen LogP contribution in [0.3, 0.4) is 0 Å². The number of pyridine rings is 1. The Hall–Kier alpha value is -4.33. The fourth-order valence-electron chi connectivity index (χ4n) is 4.16. The number of ketones is 1. The molecule has 8 heteroatoms. The van der Waals surface area contributed by atoms with E-state index >= 15 is 0 Å². The van der Waals surface area contributed by atoms with Crippen LogP contribution in [-0.2, 0) is 13.0 Å². The number of hydrogen-bond donors (Lipinski definition) is 2. The number of benzene rings is 2. The zero-order valence-corrected chi connectivity index (χ0v) is 18.4. The molecule has 2 N–H and O–H groups in total. The number of carbonyl (C=O) groups excluding carboxylic acids is 3. The number of aromatic nitrogens is 2. The highest BCUT2D eigenvalue weighted by molar-refractivity contribution is 6.05. The van der Waals surface area contributed by atoms with Gasteiger partial charge in [0.2, 0.25) is 0 Å². The van der Waals surface area contributed by atoms with Gasteiger partial charge in [0.25, 0.3) is 11.8 Å². The predicted molar refractivity (Wildman–Crippen MR) is 125 cm³/mol. The first kappa shape index (κ1) is 21.5. The highest BCUT2D eigenvalue weighted by Crippen LogP contribution is 2.23. The molecule has 0 aliphatic carbocycles. The van der Waals surface area contributed by atoms with Crippen LogP contribution in [-0.4, -0.2) is 39.0 Å². The lowest BCUT2D eigenvalue weighted by atomic mass is 9.96. The Bertz CT molecular complexity index is 1460. The van der Waals surface area contributed by atoms with Crippen LogP contribution in [0.2, 0.25) is 0 Å². The summed E-state index contributed by atoms with van der Waals surface area (Å²) in [7, 11) is 0. The van der Waals surface area contributed by atoms with Gasteiger partial charge in [-0.05, 0) is 73.0 Å². The molecule has 0 saturated heterocycles. The van der Waals surface area contributed by atoms with Crippen LogP contribution < -0.4 is 5.32 Å². The van der Waals surface area contributed by atoms with Crippen molar-refractivity contribution in [2.45, 2.75) is 19.9 Å². The minimum Gasteiger partial charge on any atom is -0.360 e. The van der Waals surface area contributed by atoms with E-state index in [2.05, 4.69) is 15.3 Å². The number of nitrogens with one attached hydrogen (secondary N) is 2. The largest absolute Gasteiger partial charge is 0.360 e. The van der Waals surface area contributed by atoms with Crippen molar-refractivity contribution < 1.29 is 18.8 Å². The molecule has 0 spiro atoms. The molecule has 1 aliphatic rings. The number of aromatic amines is 1. The molecule has 2 aromatic heterocycles. The Kier molecular flexibility index (Phi) is 5.41. The molecule has 0 bridgehead atoms. The number of H-pyrrole nitrogens is 1. The van der Waals surface area contributed by atoms with Crippen LogP contribution in [0.15, 0.2) is 60.8 Å². The van der Waals surface area contributed by atoms with E-state index in [4.69, 9.17) is 0 Å². The quantitative estimate of drug-likeness (QED) is 0.446. The second kappa shape index (κ2) is 8.55. The van der Waals surface area contributed by atoms with E-state index in [-0.39, 0.29) is 17.4 Å². The fraction of sp³-hybridized carbons (Fsp3) is 0.154. The second-order valence-corrected chi connectivity index (χ2v) is 8.27. The van der Waals surface area contributed by atoms with Gasteiger partial charge in [-0.25, -0.2) is 9.37 Å². The maximum Gasteiger partial charge on any atom is 0.272 e. The Balaban J connectivity index is 1.34. The number of rotatable bonds is 4. The predicted octanol–water partition coefficient (Wildman–Crippen LogP) is 4.36. The molecule has 7 nitrogen and oxygen atoms in total. The molecule has 0 saturated carbocycles. The molecule has 2 amide bonds. The normalized spacial score (nSPS) is 12.9. The smallest absolute Gasteiger partial charge is 0.272 e. The van der Waals surface area contributed by atoms with Crippen molar-refractivity contribution in [3.8, 4) is 0 Å². The summed E-state index contributed by atoms with van der Waals surface area (Å²) in [6.45, 7) is 2.20. The average Bonchev–Trinajstić information content (AvgIpc) is 3.32. The van der Waals surface area contributed by atoms with Crippen molar-refractivity contribution in [2.24, 2.45) is 0 Å². The zero-order valence-electron chi connectivity index (χ0n) is 18.4. The Morgan fingerprint density at radius 1 is 1.03 bits per heavy atom. The Morgan fingerprint density at radius 3 is 2.71 bits per heavy atom. The number of fused-ring (bicyclic) bond motifs is 2. The molecular weight excluding hydrogens is 435 g/mol. The number of Topliss-reactive ketones (excluding diaryl/α,β-unsaturated/α-hetero) is 1. The first-order chi connectivity index (χ1) is 16.4. The SMILES string of the molecule is CC(=O)c1cc(NC(=O)c2ccc3c(c2)CN(C(=O)c2ccc4[nH]ccc4n2)CC3)ccc1F. The molecular formula is C26H21FN4O3. The standard InChI is InChI=1S/C26H21FN4O3/c1-15(32)20-13-19(4-5-21(20)27)29-25(33)17-3-2-16-9-11-31(14-18(16)12-17)26(34)24-7-6-22-23(30-24)8-10-28-22/h2-8,10,12-13,28H,9,11,14H2,1H3,(H,29,33). The van der Waals surface area contributed by atoms with E-state index < -0.39 is 11.6 Å². The molecule has 3 heterocycles. The summed E-state index contributed by atoms with van der Waals surface area (Å²) in [5.74, 6) is -1.59. The van der Waals surface area contributed by atoms with Gasteiger partial charge in [0.05, 0.1) is 16.6 Å². The third-order valence-electron chi connectivity index (χ3n) is 6.00. The van der Waals surface area contributed by atoms with Crippen molar-refractivity contribution in [2.75, 3.05) is 11.9 Å². The van der Waals surface area contributed by atoms with E-state index in [1.807, 2.05) is 18.2 Å². The van der Waals surface area contributed by atoms with Crippen molar-refractivity contribution in [1.29, 1.82) is 0 Å². The molecule has 2 aromatic carbocycles. The topological polar surface area (TPSA) is 95.2 Å². The van der Waals surface area contributed by atoms with Crippen LogP contribution in [0.4, 0.5) is 10.1 Å². The lowest BCUT2D eigenvalue weighted by molar-refractivity contribution is 0.0729. The third-order valence-corrected chi connectivity index (χ3v) is 6.00. The number of nitrogens with zero attached hydrogens (tertiary/aromatic N) is 2. The second-order valence-electron chi connectivity index (χ2n) is 8.27. The summed E-state index contributed by atoms with van der Waals surface area (Å²) in [5, 5.41) is 2.71. The minimum atomic E-state index is -0.630. The molecule has 0 fully saturated rings. The summed E-state index contributed by atoms with van der Waals surface area (Å²) in [6, 6.07) is 14.6. The summed E-state index contributed by atoms with van der Waals surface area (Å²) in [6.07, 6.45) is 2.46. The van der Waals surface area contributed by atoms with Gasteiger partial charge in [-0.2, -0.15) is 0 Å². The fourth-order valence-corrected chi connectivity index (χ4v) is 4.16. The number of carbonyl (C=O) groups is 3. The summed E-state index contributed by atoms with van der Waals surface area (Å²) < 4.78 is 13.8. The highest BCUT2D eigenvalue weighted by Gasteiger charge is 2.24. The Morgan fingerprint density at radius 2 is 1.88 bits per heavy atom. The van der Waals surface area contributed by atoms with Gasteiger partial charge in [0.1, 0.15) is 11.5 Å². The van der Waals surface area contributed by atoms with E-state index in [9.17, 15) is 18.8 Å². The first-order valence-corrected chi connectivity index (χ1v) is 10.9. The first-order valence-electron chi connectivity index (χ1n) is 10.9. The van der Waals surface area contributed by atoms with E-state index in [1.54, 1.807) is 29.3 Å². The van der Waals surface area contributed by atoms with Gasteiger partial charge in [0, 0.05) is 30.5 Å². The van der Waals surface area contributed by atoms with E-state index in [1.165, 1.54) is 19.1 Å². The van der Waals surface area contributed by atoms with Crippen LogP contribution in [0.25, 0.3) is 11.0 Å². The van der Waals surface area contributed by atoms with Crippen molar-refractivity contribution in [3.63, 3.8) is 0 Å². The maximum atomic E-state index is 13.8. The van der Waals surface area contributed by atoms with Crippen LogP contribution in [0, 0.1) is 5.82 Å². The highest BCUT2D eigenvalue weighted by atomic mass is 19.1. The Labute approximate surface area is 194 Å².